The molecule has 0 bridgehead atoms. The van der Waals surface area contributed by atoms with Gasteiger partial charge in [0.1, 0.15) is 0 Å². The molecule has 0 atom stereocenters. The van der Waals surface area contributed by atoms with Crippen LogP contribution in [0.5, 0.6) is 5.88 Å². The smallest absolute Gasteiger partial charge is 0.254 e. The van der Waals surface area contributed by atoms with Crippen LogP contribution in [0.4, 0.5) is 5.95 Å². The monoisotopic (exact) mass is 408 g/mol. The van der Waals surface area contributed by atoms with Gasteiger partial charge in [0, 0.05) is 50.0 Å². The van der Waals surface area contributed by atoms with Gasteiger partial charge >= 0.3 is 0 Å². The zero-order valence-corrected chi connectivity index (χ0v) is 17.8. The lowest BCUT2D eigenvalue weighted by atomic mass is 10.0. The number of hydrogen-bond donors (Lipinski definition) is 0. The molecule has 0 saturated carbocycles. The molecule has 8 heteroatoms. The fourth-order valence-electron chi connectivity index (χ4n) is 3.62. The molecule has 30 heavy (non-hydrogen) atoms. The first kappa shape index (κ1) is 21.5. The number of carbonyl (C=O) groups excluding carboxylic acids is 1. The van der Waals surface area contributed by atoms with E-state index in [1.165, 1.54) is 0 Å². The SMILES string of the molecule is COc1ccnc(N2CCC(N(CCN(C)C)C(=O)c3cccc(C#N)c3)CC2)n1. The van der Waals surface area contributed by atoms with Crippen LogP contribution in [0.15, 0.2) is 36.5 Å². The van der Waals surface area contributed by atoms with Gasteiger partial charge < -0.3 is 19.4 Å². The average Bonchev–Trinajstić information content (AvgIpc) is 2.79. The second kappa shape index (κ2) is 10.0. The number of aromatic nitrogens is 2. The molecule has 0 spiro atoms. The van der Waals surface area contributed by atoms with Crippen molar-refractivity contribution in [2.45, 2.75) is 18.9 Å². The van der Waals surface area contributed by atoms with E-state index in [1.54, 1.807) is 43.6 Å². The van der Waals surface area contributed by atoms with E-state index >= 15 is 0 Å². The highest BCUT2D eigenvalue weighted by Gasteiger charge is 2.29. The van der Waals surface area contributed by atoms with Gasteiger partial charge in [0.15, 0.2) is 0 Å². The van der Waals surface area contributed by atoms with Gasteiger partial charge in [-0.15, -0.1) is 0 Å². The number of piperidine rings is 1. The molecule has 3 rings (SSSR count). The van der Waals surface area contributed by atoms with Gasteiger partial charge in [-0.2, -0.15) is 10.2 Å². The molecule has 1 aliphatic rings. The summed E-state index contributed by atoms with van der Waals surface area (Å²) in [4.78, 5) is 28.2. The summed E-state index contributed by atoms with van der Waals surface area (Å²) in [5, 5.41) is 9.17. The van der Waals surface area contributed by atoms with Gasteiger partial charge in [0.25, 0.3) is 5.91 Å². The minimum atomic E-state index is -0.0231. The Bertz CT molecular complexity index is 902. The number of amides is 1. The third-order valence-corrected chi connectivity index (χ3v) is 5.30. The van der Waals surface area contributed by atoms with Crippen molar-refractivity contribution in [3.05, 3.63) is 47.7 Å². The van der Waals surface area contributed by atoms with Crippen molar-refractivity contribution in [3.63, 3.8) is 0 Å². The Labute approximate surface area is 177 Å². The zero-order chi connectivity index (χ0) is 21.5. The average molecular weight is 409 g/mol. The zero-order valence-electron chi connectivity index (χ0n) is 17.8. The largest absolute Gasteiger partial charge is 0.481 e. The molecular weight excluding hydrogens is 380 g/mol. The van der Waals surface area contributed by atoms with Crippen molar-refractivity contribution in [2.75, 3.05) is 52.3 Å². The number of nitrogens with zero attached hydrogens (tertiary/aromatic N) is 6. The van der Waals surface area contributed by atoms with E-state index < -0.39 is 0 Å². The number of benzene rings is 1. The molecule has 1 aromatic heterocycles. The number of anilines is 1. The molecule has 8 nitrogen and oxygen atoms in total. The van der Waals surface area contributed by atoms with Crippen LogP contribution in [0, 0.1) is 11.3 Å². The summed E-state index contributed by atoms with van der Waals surface area (Å²) in [6.07, 6.45) is 3.36. The van der Waals surface area contributed by atoms with Gasteiger partial charge in [-0.25, -0.2) is 4.98 Å². The Morgan fingerprint density at radius 2 is 2.03 bits per heavy atom. The first-order valence-corrected chi connectivity index (χ1v) is 10.1. The van der Waals surface area contributed by atoms with Crippen molar-refractivity contribution in [1.29, 1.82) is 5.26 Å². The molecule has 0 unspecified atom stereocenters. The van der Waals surface area contributed by atoms with E-state index in [2.05, 4.69) is 25.8 Å². The van der Waals surface area contributed by atoms with Gasteiger partial charge in [-0.1, -0.05) is 6.07 Å². The number of likely N-dealkylation sites (N-methyl/N-ethyl adjacent to an activating group) is 1. The predicted molar refractivity (Wildman–Crippen MR) is 115 cm³/mol. The van der Waals surface area contributed by atoms with E-state index in [1.807, 2.05) is 19.0 Å². The summed E-state index contributed by atoms with van der Waals surface area (Å²) in [7, 11) is 5.59. The van der Waals surface area contributed by atoms with Crippen molar-refractivity contribution >= 4 is 11.9 Å². The topological polar surface area (TPSA) is 85.6 Å². The van der Waals surface area contributed by atoms with Crippen molar-refractivity contribution in [2.24, 2.45) is 0 Å². The fraction of sp³-hybridized carbons (Fsp3) is 0.455. The minimum absolute atomic E-state index is 0.0231. The lowest BCUT2D eigenvalue weighted by Crippen LogP contribution is -2.49. The Hall–Kier alpha value is -3.18. The highest BCUT2D eigenvalue weighted by molar-refractivity contribution is 5.94. The molecule has 1 fully saturated rings. The summed E-state index contributed by atoms with van der Waals surface area (Å²) >= 11 is 0. The van der Waals surface area contributed by atoms with E-state index in [-0.39, 0.29) is 11.9 Å². The molecule has 1 aliphatic heterocycles. The van der Waals surface area contributed by atoms with Crippen molar-refractivity contribution < 1.29 is 9.53 Å². The van der Waals surface area contributed by atoms with Gasteiger partial charge in [0.05, 0.1) is 18.7 Å². The lowest BCUT2D eigenvalue weighted by molar-refractivity contribution is 0.0634. The van der Waals surface area contributed by atoms with Gasteiger partial charge in [0.2, 0.25) is 11.8 Å². The molecule has 0 aliphatic carbocycles. The Kier molecular flexibility index (Phi) is 7.20. The molecule has 2 heterocycles. The van der Waals surface area contributed by atoms with Crippen molar-refractivity contribution in [1.82, 2.24) is 19.8 Å². The summed E-state index contributed by atoms with van der Waals surface area (Å²) < 4.78 is 5.20. The van der Waals surface area contributed by atoms with Crippen LogP contribution in [0.1, 0.15) is 28.8 Å². The van der Waals surface area contributed by atoms with Crippen LogP contribution in [-0.4, -0.2) is 79.1 Å². The predicted octanol–water partition coefficient (Wildman–Crippen LogP) is 2.03. The summed E-state index contributed by atoms with van der Waals surface area (Å²) in [6, 6.07) is 10.9. The van der Waals surface area contributed by atoms with Crippen LogP contribution in [0.25, 0.3) is 0 Å². The normalized spacial score (nSPS) is 14.4. The van der Waals surface area contributed by atoms with Crippen LogP contribution >= 0.6 is 0 Å². The second-order valence-electron chi connectivity index (χ2n) is 7.61. The minimum Gasteiger partial charge on any atom is -0.481 e. The number of carbonyl (C=O) groups is 1. The summed E-state index contributed by atoms with van der Waals surface area (Å²) in [6.45, 7) is 2.95. The molecular formula is C22H28N6O2. The van der Waals surface area contributed by atoms with Gasteiger partial charge in [-0.3, -0.25) is 4.79 Å². The summed E-state index contributed by atoms with van der Waals surface area (Å²) in [5.74, 6) is 1.17. The number of hydrogen-bond acceptors (Lipinski definition) is 7. The summed E-state index contributed by atoms with van der Waals surface area (Å²) in [5.41, 5.74) is 1.06. The molecule has 1 saturated heterocycles. The van der Waals surface area contributed by atoms with E-state index in [0.29, 0.717) is 29.5 Å². The molecule has 1 aromatic carbocycles. The molecule has 0 N–H and O–H groups in total. The molecule has 0 radical (unpaired) electrons. The Balaban J connectivity index is 1.73. The number of methoxy groups -OCH3 is 1. The fourth-order valence-corrected chi connectivity index (χ4v) is 3.62. The van der Waals surface area contributed by atoms with Crippen LogP contribution < -0.4 is 9.64 Å². The number of nitriles is 1. The van der Waals surface area contributed by atoms with Crippen LogP contribution in [-0.2, 0) is 0 Å². The lowest BCUT2D eigenvalue weighted by Gasteiger charge is -2.39. The quantitative estimate of drug-likeness (QED) is 0.693. The van der Waals surface area contributed by atoms with Crippen LogP contribution in [0.2, 0.25) is 0 Å². The highest BCUT2D eigenvalue weighted by Crippen LogP contribution is 2.23. The highest BCUT2D eigenvalue weighted by atomic mass is 16.5. The molecule has 1 amide bonds. The van der Waals surface area contributed by atoms with E-state index in [9.17, 15) is 10.1 Å². The maximum absolute atomic E-state index is 13.3. The maximum atomic E-state index is 13.3. The third kappa shape index (κ3) is 5.24. The van der Waals surface area contributed by atoms with Crippen LogP contribution in [0.3, 0.4) is 0 Å². The Morgan fingerprint density at radius 1 is 1.27 bits per heavy atom. The maximum Gasteiger partial charge on any atom is 0.254 e. The molecule has 158 valence electrons. The number of ether oxygens (including phenoxy) is 1. The van der Waals surface area contributed by atoms with Crippen molar-refractivity contribution in [3.8, 4) is 11.9 Å². The van der Waals surface area contributed by atoms with Gasteiger partial charge in [-0.05, 0) is 45.1 Å². The standard InChI is InChI=1S/C22H28N6O2/c1-26(2)13-14-28(21(29)18-6-4-5-17(15-18)16-23)19-8-11-27(12-9-19)22-24-10-7-20(25-22)30-3/h4-7,10,15,19H,8-9,11-14H2,1-3H3. The first-order valence-electron chi connectivity index (χ1n) is 10.1. The second-order valence-corrected chi connectivity index (χ2v) is 7.61. The third-order valence-electron chi connectivity index (χ3n) is 5.30. The van der Waals surface area contributed by atoms with E-state index in [0.717, 1.165) is 32.5 Å². The van der Waals surface area contributed by atoms with E-state index in [4.69, 9.17) is 4.74 Å². The molecule has 2 aromatic rings. The Morgan fingerprint density at radius 3 is 2.70 bits per heavy atom. The number of rotatable bonds is 7. The first-order chi connectivity index (χ1) is 14.5.